The van der Waals surface area contributed by atoms with E-state index in [1.165, 1.54) is 19.1 Å². The van der Waals surface area contributed by atoms with Gasteiger partial charge in [-0.1, -0.05) is 0 Å². The van der Waals surface area contributed by atoms with Crippen molar-refractivity contribution in [2.45, 2.75) is 44.6 Å². The number of benzene rings is 1. The van der Waals surface area contributed by atoms with Gasteiger partial charge in [0, 0.05) is 17.0 Å². The quantitative estimate of drug-likeness (QED) is 0.528. The molecule has 2 heterocycles. The minimum atomic E-state index is -1.11. The summed E-state index contributed by atoms with van der Waals surface area (Å²) in [5, 5.41) is 2.53. The molecule has 3 aliphatic rings. The first-order valence-corrected chi connectivity index (χ1v) is 10.8. The van der Waals surface area contributed by atoms with Crippen LogP contribution in [-0.4, -0.2) is 15.9 Å². The van der Waals surface area contributed by atoms with Crippen molar-refractivity contribution in [3.63, 3.8) is 0 Å². The fourth-order valence-corrected chi connectivity index (χ4v) is 5.30. The molecular formula is C24H21F4N3O2. The molecule has 3 fully saturated rings. The molecule has 0 unspecified atom stereocenters. The van der Waals surface area contributed by atoms with Crippen LogP contribution in [0.4, 0.5) is 17.6 Å². The lowest BCUT2D eigenvalue weighted by Gasteiger charge is -2.63. The van der Waals surface area contributed by atoms with Crippen LogP contribution in [0.2, 0.25) is 0 Å². The van der Waals surface area contributed by atoms with Gasteiger partial charge >= 0.3 is 0 Å². The lowest BCUT2D eigenvalue weighted by molar-refractivity contribution is -0.136. The van der Waals surface area contributed by atoms with Crippen LogP contribution in [-0.2, 0) is 4.79 Å². The van der Waals surface area contributed by atoms with E-state index in [0.717, 1.165) is 31.5 Å². The minimum Gasteiger partial charge on any atom is -0.347 e. The number of rotatable bonds is 6. The van der Waals surface area contributed by atoms with Crippen molar-refractivity contribution in [3.05, 3.63) is 75.3 Å². The number of aromatic nitrogens is 2. The smallest absolute Gasteiger partial charge is 0.252 e. The zero-order valence-electron chi connectivity index (χ0n) is 17.7. The van der Waals surface area contributed by atoms with E-state index in [1.807, 2.05) is 0 Å². The van der Waals surface area contributed by atoms with E-state index in [9.17, 15) is 27.2 Å². The van der Waals surface area contributed by atoms with Crippen LogP contribution < -0.4 is 10.9 Å². The number of nitrogens with one attached hydrogen (secondary N) is 2. The highest BCUT2D eigenvalue weighted by Gasteiger charge is 2.57. The van der Waals surface area contributed by atoms with E-state index in [-0.39, 0.29) is 27.6 Å². The number of carbonyl (C=O) groups is 1. The number of H-pyrrole nitrogens is 1. The Kier molecular flexibility index (Phi) is 5.02. The second-order valence-electron chi connectivity index (χ2n) is 9.36. The van der Waals surface area contributed by atoms with Gasteiger partial charge in [-0.25, -0.2) is 17.6 Å². The third kappa shape index (κ3) is 3.69. The van der Waals surface area contributed by atoms with Gasteiger partial charge in [0.1, 0.15) is 11.6 Å². The van der Waals surface area contributed by atoms with Crippen LogP contribution in [0.25, 0.3) is 10.9 Å². The van der Waals surface area contributed by atoms with Crippen molar-refractivity contribution in [2.24, 2.45) is 11.3 Å². The maximum absolute atomic E-state index is 14.4. The summed E-state index contributed by atoms with van der Waals surface area (Å²) in [5.74, 6) is -4.79. The van der Waals surface area contributed by atoms with Crippen LogP contribution in [0.1, 0.15) is 55.8 Å². The minimum absolute atomic E-state index is 0.0222. The third-order valence-corrected chi connectivity index (χ3v) is 7.04. The fourth-order valence-electron chi connectivity index (χ4n) is 5.30. The normalized spacial score (nSPS) is 22.9. The number of pyridine rings is 2. The van der Waals surface area contributed by atoms with Crippen molar-refractivity contribution in [1.29, 1.82) is 0 Å². The molecule has 0 saturated heterocycles. The highest BCUT2D eigenvalue weighted by atomic mass is 19.2. The summed E-state index contributed by atoms with van der Waals surface area (Å²) >= 11 is 0. The zero-order valence-corrected chi connectivity index (χ0v) is 17.7. The van der Waals surface area contributed by atoms with E-state index >= 15 is 0 Å². The molecule has 2 bridgehead atoms. The molecule has 2 aromatic heterocycles. The second-order valence-corrected chi connectivity index (χ2v) is 9.36. The summed E-state index contributed by atoms with van der Waals surface area (Å²) < 4.78 is 55.6. The Morgan fingerprint density at radius 2 is 1.91 bits per heavy atom. The molecule has 3 aliphatic carbocycles. The molecule has 0 aliphatic heterocycles. The van der Waals surface area contributed by atoms with Crippen molar-refractivity contribution in [3.8, 4) is 0 Å². The van der Waals surface area contributed by atoms with Crippen LogP contribution in [0.3, 0.4) is 0 Å². The summed E-state index contributed by atoms with van der Waals surface area (Å²) in [6, 6.07) is 3.19. The number of fused-ring (bicyclic) bond motifs is 1. The molecule has 1 aromatic carbocycles. The Morgan fingerprint density at radius 3 is 2.55 bits per heavy atom. The highest BCUT2D eigenvalue weighted by molar-refractivity contribution is 5.86. The van der Waals surface area contributed by atoms with Gasteiger partial charge in [-0.2, -0.15) is 0 Å². The summed E-state index contributed by atoms with van der Waals surface area (Å²) in [4.78, 5) is 32.5. The standard InChI is InChI=1S/C24H21F4N3O2/c1-11(21-18(27)4-13(25)10-29-21)30-23(33)16(9-24-6-12(7-24)8-24)14-5-15-19(31-22(14)32)3-2-17(26)20(15)28/h2-5,10-12,16H,6-9H2,1H3,(H,30,33)(H,31,32)/t11-,12?,16-,24?/m1/s1. The van der Waals surface area contributed by atoms with Gasteiger partial charge in [0.05, 0.1) is 29.4 Å². The Hall–Kier alpha value is -3.23. The van der Waals surface area contributed by atoms with Gasteiger partial charge in [0.15, 0.2) is 11.6 Å². The molecule has 172 valence electrons. The van der Waals surface area contributed by atoms with Crippen molar-refractivity contribution < 1.29 is 22.4 Å². The van der Waals surface area contributed by atoms with E-state index in [2.05, 4.69) is 15.3 Å². The van der Waals surface area contributed by atoms with Crippen molar-refractivity contribution >= 4 is 16.8 Å². The van der Waals surface area contributed by atoms with Crippen LogP contribution >= 0.6 is 0 Å². The average molecular weight is 459 g/mol. The Bertz CT molecular complexity index is 1320. The number of hydrogen-bond donors (Lipinski definition) is 2. The van der Waals surface area contributed by atoms with Crippen molar-refractivity contribution in [1.82, 2.24) is 15.3 Å². The molecule has 3 aromatic rings. The molecule has 5 nitrogen and oxygen atoms in total. The van der Waals surface area contributed by atoms with E-state index in [1.54, 1.807) is 0 Å². The predicted molar refractivity (Wildman–Crippen MR) is 112 cm³/mol. The highest BCUT2D eigenvalue weighted by Crippen LogP contribution is 2.67. The molecule has 3 saturated carbocycles. The maximum Gasteiger partial charge on any atom is 0.252 e. The van der Waals surface area contributed by atoms with E-state index in [4.69, 9.17) is 0 Å². The summed E-state index contributed by atoms with van der Waals surface area (Å²) in [7, 11) is 0. The average Bonchev–Trinajstić information content (AvgIpc) is 2.69. The Labute approximate surface area is 186 Å². The monoisotopic (exact) mass is 459 g/mol. The van der Waals surface area contributed by atoms with Crippen LogP contribution in [0, 0.1) is 34.6 Å². The molecule has 33 heavy (non-hydrogen) atoms. The largest absolute Gasteiger partial charge is 0.347 e. The molecule has 9 heteroatoms. The topological polar surface area (TPSA) is 74.8 Å². The zero-order chi connectivity index (χ0) is 23.5. The van der Waals surface area contributed by atoms with E-state index < -0.39 is 46.7 Å². The lowest BCUT2D eigenvalue weighted by atomic mass is 9.42. The van der Waals surface area contributed by atoms with Gasteiger partial charge in [-0.05, 0) is 62.1 Å². The Balaban J connectivity index is 1.51. The molecule has 0 spiro atoms. The lowest BCUT2D eigenvalue weighted by Crippen LogP contribution is -2.53. The van der Waals surface area contributed by atoms with E-state index in [0.29, 0.717) is 18.4 Å². The number of carbonyl (C=O) groups excluding carboxylic acids is 1. The Morgan fingerprint density at radius 1 is 1.18 bits per heavy atom. The molecule has 0 radical (unpaired) electrons. The molecule has 1 amide bonds. The van der Waals surface area contributed by atoms with Gasteiger partial charge in [0.2, 0.25) is 5.91 Å². The second kappa shape index (κ2) is 7.67. The summed E-state index contributed by atoms with van der Waals surface area (Å²) in [6.07, 6.45) is 4.08. The number of hydrogen-bond acceptors (Lipinski definition) is 3. The third-order valence-electron chi connectivity index (χ3n) is 7.04. The van der Waals surface area contributed by atoms with Crippen LogP contribution in [0.15, 0.2) is 35.3 Å². The molecule has 2 atom stereocenters. The summed E-state index contributed by atoms with van der Waals surface area (Å²) in [5.41, 5.74) is -0.627. The summed E-state index contributed by atoms with van der Waals surface area (Å²) in [6.45, 7) is 1.50. The number of halogens is 4. The maximum atomic E-state index is 14.4. The van der Waals surface area contributed by atoms with Gasteiger partial charge in [-0.3, -0.25) is 14.6 Å². The fraction of sp³-hybridized carbons (Fsp3) is 0.375. The SMILES string of the molecule is C[C@@H](NC(=O)[C@H](CC12CC(C1)C2)c1cc2c(F)c(F)ccc2[nH]c1=O)c1ncc(F)cc1F. The predicted octanol–water partition coefficient (Wildman–Crippen LogP) is 4.63. The molecular weight excluding hydrogens is 438 g/mol. The first-order chi connectivity index (χ1) is 15.7. The number of aromatic amines is 1. The van der Waals surface area contributed by atoms with Crippen molar-refractivity contribution in [2.75, 3.05) is 0 Å². The van der Waals surface area contributed by atoms with Gasteiger partial charge in [0.25, 0.3) is 5.56 Å². The first-order valence-electron chi connectivity index (χ1n) is 10.8. The molecule has 6 rings (SSSR count). The number of amides is 1. The van der Waals surface area contributed by atoms with Gasteiger partial charge < -0.3 is 10.3 Å². The first kappa shape index (κ1) is 21.6. The number of nitrogens with zero attached hydrogens (tertiary/aromatic N) is 1. The molecule has 2 N–H and O–H groups in total. The van der Waals surface area contributed by atoms with Gasteiger partial charge in [-0.15, -0.1) is 0 Å². The van der Waals surface area contributed by atoms with Crippen LogP contribution in [0.5, 0.6) is 0 Å².